The van der Waals surface area contributed by atoms with Gasteiger partial charge in [0.1, 0.15) is 0 Å². The van der Waals surface area contributed by atoms with Crippen molar-refractivity contribution in [3.63, 3.8) is 0 Å². The van der Waals surface area contributed by atoms with E-state index in [0.29, 0.717) is 0 Å². The number of rotatable bonds is 1. The Morgan fingerprint density at radius 3 is 0.889 bits per heavy atom. The zero-order valence-electron chi connectivity index (χ0n) is 6.26. The smallest absolute Gasteiger partial charge is 1.00 e. The van der Waals surface area contributed by atoms with Gasteiger partial charge >= 0.3 is 41.9 Å². The molecule has 0 saturated heterocycles. The molecular weight excluding hydrogens is 186 g/mol. The second kappa shape index (κ2) is 48.7. The van der Waals surface area contributed by atoms with E-state index in [1.165, 1.54) is 12.8 Å². The third kappa shape index (κ3) is 66.3. The van der Waals surface area contributed by atoms with Crippen molar-refractivity contribution in [1.29, 1.82) is 0 Å². The summed E-state index contributed by atoms with van der Waals surface area (Å²) in [6.45, 7) is 4.36. The predicted molar refractivity (Wildman–Crippen MR) is 26.3 cm³/mol. The molecule has 0 fully saturated rings. The molecule has 0 bridgehead atoms. The minimum Gasteiger partial charge on any atom is -1.00 e. The van der Waals surface area contributed by atoms with Crippen LogP contribution in [0, 0.1) is 0 Å². The summed E-state index contributed by atoms with van der Waals surface area (Å²) in [7, 11) is 0. The number of unbranched alkanes of at least 4 members (excludes halogenated alkanes) is 1. The van der Waals surface area contributed by atoms with Gasteiger partial charge in [0.25, 0.3) is 0 Å². The van der Waals surface area contributed by atoms with E-state index in [1.54, 1.807) is 0 Å². The zero-order chi connectivity index (χ0) is 3.41. The molecule has 5 heteroatoms. The molecule has 0 aliphatic carbocycles. The third-order valence-electron chi connectivity index (χ3n) is 0.500. The molecule has 0 aliphatic rings. The summed E-state index contributed by atoms with van der Waals surface area (Å²) in [6.07, 6.45) is 2.64. The van der Waals surface area contributed by atoms with Crippen LogP contribution in [-0.2, 0) is 0 Å². The molecule has 0 aliphatic heterocycles. The van der Waals surface area contributed by atoms with Crippen molar-refractivity contribution in [2.75, 3.05) is 0 Å². The molecule has 0 heterocycles. The van der Waals surface area contributed by atoms with Crippen molar-refractivity contribution in [3.8, 4) is 0 Å². The maximum atomic E-state index is 2.18. The monoisotopic (exact) mass is 194 g/mol. The van der Waals surface area contributed by atoms with E-state index in [-0.39, 0.29) is 79.1 Å². The summed E-state index contributed by atoms with van der Waals surface area (Å²) in [4.78, 5) is 0. The fourth-order valence-electron chi connectivity index (χ4n) is 0. The quantitative estimate of drug-likeness (QED) is 0.365. The molecule has 0 amide bonds. The van der Waals surface area contributed by atoms with Gasteiger partial charge in [-0.05, 0) is 0 Å². The van der Waals surface area contributed by atoms with Gasteiger partial charge in [0.05, 0.1) is 0 Å². The average molecular weight is 196 g/mol. The van der Waals surface area contributed by atoms with E-state index in [4.69, 9.17) is 0 Å². The van der Waals surface area contributed by atoms with Gasteiger partial charge in [-0.1, -0.05) is 26.7 Å². The van der Waals surface area contributed by atoms with Gasteiger partial charge in [0.15, 0.2) is 0 Å². The summed E-state index contributed by atoms with van der Waals surface area (Å²) in [5.41, 5.74) is 0. The standard InChI is InChI=1S/C4H10.3ClH.Li.Mg/c1-3-4-2;;;;;/h3-4H2,1-2H3;3*1H;;/q;;;;+1;+2/p-3. The first-order chi connectivity index (χ1) is 1.91. The zero-order valence-corrected chi connectivity index (χ0v) is 9.94. The van der Waals surface area contributed by atoms with Gasteiger partial charge < -0.3 is 37.2 Å². The summed E-state index contributed by atoms with van der Waals surface area (Å²) in [5, 5.41) is 0. The average Bonchev–Trinajstić information content (AvgIpc) is 1.37. The Morgan fingerprint density at radius 1 is 0.778 bits per heavy atom. The van der Waals surface area contributed by atoms with Gasteiger partial charge in [0.2, 0.25) is 0 Å². The van der Waals surface area contributed by atoms with Crippen molar-refractivity contribution in [3.05, 3.63) is 0 Å². The summed E-state index contributed by atoms with van der Waals surface area (Å²) in [6, 6.07) is 0. The molecule has 50 valence electrons. The minimum absolute atomic E-state index is 0. The van der Waals surface area contributed by atoms with E-state index in [2.05, 4.69) is 13.8 Å². The van der Waals surface area contributed by atoms with Crippen molar-refractivity contribution < 1.29 is 56.1 Å². The Labute approximate surface area is 105 Å². The molecule has 0 radical (unpaired) electrons. The molecule has 0 aromatic carbocycles. The second-order valence-corrected chi connectivity index (χ2v) is 1.000. The van der Waals surface area contributed by atoms with E-state index in [9.17, 15) is 0 Å². The Morgan fingerprint density at radius 2 is 0.889 bits per heavy atom. The van der Waals surface area contributed by atoms with Crippen molar-refractivity contribution in [2.24, 2.45) is 0 Å². The van der Waals surface area contributed by atoms with Crippen LogP contribution in [0.4, 0.5) is 0 Å². The largest absolute Gasteiger partial charge is 2.00 e. The molecule has 9 heavy (non-hydrogen) atoms. The molecule has 0 aromatic heterocycles. The van der Waals surface area contributed by atoms with Crippen LogP contribution in [0.1, 0.15) is 26.7 Å². The van der Waals surface area contributed by atoms with Crippen LogP contribution in [0.15, 0.2) is 0 Å². The molecule has 0 nitrogen and oxygen atoms in total. The van der Waals surface area contributed by atoms with Crippen molar-refractivity contribution in [2.45, 2.75) is 26.7 Å². The third-order valence-corrected chi connectivity index (χ3v) is 0.500. The maximum absolute atomic E-state index is 2.18. The maximum Gasteiger partial charge on any atom is 2.00 e. The van der Waals surface area contributed by atoms with Crippen LogP contribution >= 0.6 is 0 Å². The second-order valence-electron chi connectivity index (χ2n) is 1.000. The van der Waals surface area contributed by atoms with Gasteiger partial charge in [-0.3, -0.25) is 0 Å². The van der Waals surface area contributed by atoms with E-state index < -0.39 is 0 Å². The minimum atomic E-state index is 0. The van der Waals surface area contributed by atoms with Crippen LogP contribution in [0.2, 0.25) is 0 Å². The molecular formula is C4H10Cl3LiMg. The molecule has 0 spiro atoms. The first-order valence-electron chi connectivity index (χ1n) is 1.91. The summed E-state index contributed by atoms with van der Waals surface area (Å²) in [5.74, 6) is 0. The summed E-state index contributed by atoms with van der Waals surface area (Å²) < 4.78 is 0. The number of halogens is 3. The van der Waals surface area contributed by atoms with Crippen molar-refractivity contribution >= 4 is 23.1 Å². The van der Waals surface area contributed by atoms with Crippen LogP contribution in [0.3, 0.4) is 0 Å². The van der Waals surface area contributed by atoms with Gasteiger partial charge in [-0.25, -0.2) is 0 Å². The van der Waals surface area contributed by atoms with E-state index in [0.717, 1.165) is 0 Å². The number of hydrogen-bond acceptors (Lipinski definition) is 0. The van der Waals surface area contributed by atoms with Crippen LogP contribution in [0.5, 0.6) is 0 Å². The summed E-state index contributed by atoms with van der Waals surface area (Å²) >= 11 is 0. The van der Waals surface area contributed by atoms with Gasteiger partial charge in [0, 0.05) is 0 Å². The van der Waals surface area contributed by atoms with E-state index in [1.807, 2.05) is 0 Å². The van der Waals surface area contributed by atoms with Crippen LogP contribution in [0.25, 0.3) is 0 Å². The molecule has 0 N–H and O–H groups in total. The molecule has 0 aromatic rings. The Kier molecular flexibility index (Phi) is 232. The topological polar surface area (TPSA) is 0 Å². The Balaban J connectivity index is -0.00000000450. The molecule has 0 rings (SSSR count). The Bertz CT molecular complexity index is 17.8. The Hall–Kier alpha value is 2.23. The molecule has 0 saturated carbocycles. The number of hydrogen-bond donors (Lipinski definition) is 0. The molecule has 0 atom stereocenters. The molecule has 0 unspecified atom stereocenters. The predicted octanol–water partition coefficient (Wildman–Crippen LogP) is -10.6. The van der Waals surface area contributed by atoms with Gasteiger partial charge in [-0.15, -0.1) is 0 Å². The fourth-order valence-corrected chi connectivity index (χ4v) is 0. The van der Waals surface area contributed by atoms with Gasteiger partial charge in [-0.2, -0.15) is 0 Å². The normalized spacial score (nSPS) is 3.33. The van der Waals surface area contributed by atoms with Crippen LogP contribution < -0.4 is 56.1 Å². The van der Waals surface area contributed by atoms with E-state index >= 15 is 0 Å². The first kappa shape index (κ1) is 43.0. The fraction of sp³-hybridized carbons (Fsp3) is 1.00. The first-order valence-corrected chi connectivity index (χ1v) is 1.91. The van der Waals surface area contributed by atoms with Crippen LogP contribution in [-0.4, -0.2) is 23.1 Å². The van der Waals surface area contributed by atoms with Crippen molar-refractivity contribution in [1.82, 2.24) is 0 Å². The SMILES string of the molecule is CCCC.[Cl-].[Cl-].[Cl-].[Li+].[Mg+2].